The van der Waals surface area contributed by atoms with Gasteiger partial charge in [0.15, 0.2) is 0 Å². The van der Waals surface area contributed by atoms with Gasteiger partial charge in [-0.05, 0) is 17.7 Å². The number of nitrogens with zero attached hydrogens (tertiary/aromatic N) is 1. The first kappa shape index (κ1) is 16.8. The highest BCUT2D eigenvalue weighted by atomic mass is 16.6. The Morgan fingerprint density at radius 1 is 1.00 bits per heavy atom. The molecular weight excluding hydrogens is 260 g/mol. The largest absolute Gasteiger partial charge is 0.382 e. The van der Waals surface area contributed by atoms with E-state index in [9.17, 15) is 0 Å². The molecule has 1 aromatic heterocycles. The first-order valence-corrected chi connectivity index (χ1v) is 6.71. The van der Waals surface area contributed by atoms with Crippen LogP contribution in [0.4, 0.5) is 5.82 Å². The molecular formula is C14H24N2O4. The van der Waals surface area contributed by atoms with Crippen molar-refractivity contribution in [1.29, 1.82) is 0 Å². The monoisotopic (exact) mass is 284 g/mol. The molecule has 114 valence electrons. The van der Waals surface area contributed by atoms with Crippen LogP contribution in [0.3, 0.4) is 0 Å². The Morgan fingerprint density at radius 3 is 2.30 bits per heavy atom. The minimum absolute atomic E-state index is 0.560. The van der Waals surface area contributed by atoms with Gasteiger partial charge in [0.25, 0.3) is 0 Å². The Hall–Kier alpha value is -1.21. The lowest BCUT2D eigenvalue weighted by atomic mass is 10.3. The predicted molar refractivity (Wildman–Crippen MR) is 77.0 cm³/mol. The van der Waals surface area contributed by atoms with Crippen LogP contribution < -0.4 is 5.32 Å². The smallest absolute Gasteiger partial charge is 0.125 e. The SMILES string of the molecule is CNc1cc(COCCOCCOCCOC)ccn1. The second-order valence-corrected chi connectivity index (χ2v) is 4.07. The van der Waals surface area contributed by atoms with Gasteiger partial charge < -0.3 is 24.3 Å². The van der Waals surface area contributed by atoms with Crippen LogP contribution in [0.1, 0.15) is 5.56 Å². The topological polar surface area (TPSA) is 61.8 Å². The fraction of sp³-hybridized carbons (Fsp3) is 0.643. The van der Waals surface area contributed by atoms with Crippen molar-refractivity contribution in [2.45, 2.75) is 6.61 Å². The summed E-state index contributed by atoms with van der Waals surface area (Å²) in [7, 11) is 3.50. The van der Waals surface area contributed by atoms with E-state index >= 15 is 0 Å². The van der Waals surface area contributed by atoms with E-state index in [1.165, 1.54) is 0 Å². The number of pyridine rings is 1. The van der Waals surface area contributed by atoms with Crippen molar-refractivity contribution in [3.63, 3.8) is 0 Å². The van der Waals surface area contributed by atoms with E-state index in [1.54, 1.807) is 13.3 Å². The summed E-state index contributed by atoms with van der Waals surface area (Å²) in [5.74, 6) is 0.843. The highest BCUT2D eigenvalue weighted by molar-refractivity contribution is 5.36. The van der Waals surface area contributed by atoms with E-state index in [1.807, 2.05) is 19.2 Å². The maximum absolute atomic E-state index is 5.52. The molecule has 6 nitrogen and oxygen atoms in total. The second-order valence-electron chi connectivity index (χ2n) is 4.07. The summed E-state index contributed by atoms with van der Waals surface area (Å²) in [6.45, 7) is 4.07. The Morgan fingerprint density at radius 2 is 1.65 bits per heavy atom. The van der Waals surface area contributed by atoms with E-state index in [0.717, 1.165) is 11.4 Å². The number of anilines is 1. The number of hydrogen-bond donors (Lipinski definition) is 1. The number of ether oxygens (including phenoxy) is 4. The lowest BCUT2D eigenvalue weighted by Crippen LogP contribution is -2.11. The van der Waals surface area contributed by atoms with Gasteiger partial charge in [0.2, 0.25) is 0 Å². The molecule has 0 aliphatic heterocycles. The minimum Gasteiger partial charge on any atom is -0.382 e. The van der Waals surface area contributed by atoms with E-state index in [-0.39, 0.29) is 0 Å². The molecule has 1 rings (SSSR count). The molecule has 0 spiro atoms. The van der Waals surface area contributed by atoms with Crippen molar-refractivity contribution in [3.05, 3.63) is 23.9 Å². The number of hydrogen-bond acceptors (Lipinski definition) is 6. The summed E-state index contributed by atoms with van der Waals surface area (Å²) in [5, 5.41) is 2.99. The Kier molecular flexibility index (Phi) is 9.77. The summed E-state index contributed by atoms with van der Waals surface area (Å²) >= 11 is 0. The third kappa shape index (κ3) is 8.06. The molecule has 0 aromatic carbocycles. The first-order chi connectivity index (χ1) is 9.86. The normalized spacial score (nSPS) is 10.7. The highest BCUT2D eigenvalue weighted by Gasteiger charge is 1.96. The number of aromatic nitrogens is 1. The second kappa shape index (κ2) is 11.6. The molecule has 0 saturated carbocycles. The van der Waals surface area contributed by atoms with Crippen molar-refractivity contribution in [1.82, 2.24) is 4.98 Å². The van der Waals surface area contributed by atoms with Crippen molar-refractivity contribution in [2.24, 2.45) is 0 Å². The van der Waals surface area contributed by atoms with Crippen LogP contribution in [0.25, 0.3) is 0 Å². The summed E-state index contributed by atoms with van der Waals surface area (Å²) < 4.78 is 21.0. The Labute approximate surface area is 120 Å². The molecule has 0 fully saturated rings. The van der Waals surface area contributed by atoms with Crippen LogP contribution in [0, 0.1) is 0 Å². The average Bonchev–Trinajstić information content (AvgIpc) is 2.49. The van der Waals surface area contributed by atoms with Crippen LogP contribution >= 0.6 is 0 Å². The van der Waals surface area contributed by atoms with Crippen LogP contribution in [0.5, 0.6) is 0 Å². The lowest BCUT2D eigenvalue weighted by Gasteiger charge is -2.07. The molecule has 1 N–H and O–H groups in total. The summed E-state index contributed by atoms with van der Waals surface area (Å²) in [4.78, 5) is 4.14. The predicted octanol–water partition coefficient (Wildman–Crippen LogP) is 1.32. The summed E-state index contributed by atoms with van der Waals surface area (Å²) in [5.41, 5.74) is 1.09. The van der Waals surface area contributed by atoms with E-state index < -0.39 is 0 Å². The van der Waals surface area contributed by atoms with Crippen molar-refractivity contribution in [2.75, 3.05) is 59.1 Å². The van der Waals surface area contributed by atoms with Gasteiger partial charge >= 0.3 is 0 Å². The molecule has 6 heteroatoms. The fourth-order valence-electron chi connectivity index (χ4n) is 1.47. The third-order valence-corrected chi connectivity index (χ3v) is 2.53. The van der Waals surface area contributed by atoms with Gasteiger partial charge in [-0.3, -0.25) is 0 Å². The Bertz CT molecular complexity index is 350. The van der Waals surface area contributed by atoms with E-state index in [0.29, 0.717) is 46.2 Å². The molecule has 0 amide bonds. The maximum atomic E-state index is 5.52. The van der Waals surface area contributed by atoms with Crippen molar-refractivity contribution < 1.29 is 18.9 Å². The van der Waals surface area contributed by atoms with E-state index in [2.05, 4.69) is 10.3 Å². The average molecular weight is 284 g/mol. The number of nitrogens with one attached hydrogen (secondary N) is 1. The highest BCUT2D eigenvalue weighted by Crippen LogP contribution is 2.06. The molecule has 1 aromatic rings. The minimum atomic E-state index is 0.560. The van der Waals surface area contributed by atoms with Gasteiger partial charge in [-0.2, -0.15) is 0 Å². The molecule has 0 saturated heterocycles. The lowest BCUT2D eigenvalue weighted by molar-refractivity contribution is 0.000867. The van der Waals surface area contributed by atoms with Crippen LogP contribution in [-0.2, 0) is 25.6 Å². The zero-order valence-corrected chi connectivity index (χ0v) is 12.3. The zero-order valence-electron chi connectivity index (χ0n) is 12.3. The number of rotatable bonds is 12. The Balaban J connectivity index is 1.94. The van der Waals surface area contributed by atoms with Gasteiger partial charge in [0.1, 0.15) is 5.82 Å². The van der Waals surface area contributed by atoms with Gasteiger partial charge in [0, 0.05) is 20.4 Å². The van der Waals surface area contributed by atoms with Crippen LogP contribution in [-0.4, -0.2) is 58.8 Å². The molecule has 0 unspecified atom stereocenters. The molecule has 1 heterocycles. The van der Waals surface area contributed by atoms with Gasteiger partial charge in [-0.15, -0.1) is 0 Å². The van der Waals surface area contributed by atoms with Gasteiger partial charge in [-0.1, -0.05) is 0 Å². The van der Waals surface area contributed by atoms with Gasteiger partial charge in [0.05, 0.1) is 46.2 Å². The number of methoxy groups -OCH3 is 1. The molecule has 20 heavy (non-hydrogen) atoms. The van der Waals surface area contributed by atoms with Gasteiger partial charge in [-0.25, -0.2) is 4.98 Å². The molecule has 0 radical (unpaired) electrons. The summed E-state index contributed by atoms with van der Waals surface area (Å²) in [6, 6.07) is 3.90. The maximum Gasteiger partial charge on any atom is 0.125 e. The van der Waals surface area contributed by atoms with E-state index in [4.69, 9.17) is 18.9 Å². The molecule has 0 bridgehead atoms. The first-order valence-electron chi connectivity index (χ1n) is 6.71. The molecule has 0 aliphatic carbocycles. The molecule has 0 atom stereocenters. The van der Waals surface area contributed by atoms with Crippen LogP contribution in [0.2, 0.25) is 0 Å². The zero-order chi connectivity index (χ0) is 14.5. The quantitative estimate of drug-likeness (QED) is 0.584. The third-order valence-electron chi connectivity index (χ3n) is 2.53. The summed E-state index contributed by atoms with van der Waals surface area (Å²) in [6.07, 6.45) is 1.76. The molecule has 0 aliphatic rings. The van der Waals surface area contributed by atoms with Crippen molar-refractivity contribution >= 4 is 5.82 Å². The van der Waals surface area contributed by atoms with Crippen molar-refractivity contribution in [3.8, 4) is 0 Å². The fourth-order valence-corrected chi connectivity index (χ4v) is 1.47. The van der Waals surface area contributed by atoms with Crippen LogP contribution in [0.15, 0.2) is 18.3 Å². The standard InChI is InChI=1S/C14H24N2O4/c1-15-14-11-13(3-4-16-14)12-20-10-9-19-8-7-18-6-5-17-2/h3-4,11H,5-10,12H2,1-2H3,(H,15,16).